The van der Waals surface area contributed by atoms with E-state index in [9.17, 15) is 0 Å². The molecule has 1 unspecified atom stereocenters. The van der Waals surface area contributed by atoms with E-state index in [-0.39, 0.29) is 0 Å². The number of hydrogen-bond donors (Lipinski definition) is 1. The van der Waals surface area contributed by atoms with Gasteiger partial charge in [0, 0.05) is 37.8 Å². The Morgan fingerprint density at radius 3 is 2.67 bits per heavy atom. The molecular formula is C11H20N4. The fraction of sp³-hybridized carbons (Fsp3) is 0.636. The molecule has 4 heteroatoms. The van der Waals surface area contributed by atoms with Gasteiger partial charge in [0.25, 0.3) is 0 Å². The first kappa shape index (κ1) is 11.9. The molecule has 15 heavy (non-hydrogen) atoms. The van der Waals surface area contributed by atoms with Gasteiger partial charge in [-0.1, -0.05) is 6.92 Å². The van der Waals surface area contributed by atoms with Crippen LogP contribution in [0.25, 0.3) is 0 Å². The van der Waals surface area contributed by atoms with E-state index >= 15 is 0 Å². The van der Waals surface area contributed by atoms with Crippen LogP contribution in [-0.4, -0.2) is 29.6 Å². The van der Waals surface area contributed by atoms with E-state index in [0.717, 1.165) is 23.8 Å². The lowest BCUT2D eigenvalue weighted by Gasteiger charge is -2.25. The summed E-state index contributed by atoms with van der Waals surface area (Å²) in [5.41, 5.74) is 6.64. The summed E-state index contributed by atoms with van der Waals surface area (Å²) in [5.74, 6) is 1.85. The van der Waals surface area contributed by atoms with Crippen LogP contribution >= 0.6 is 0 Å². The molecular weight excluding hydrogens is 188 g/mol. The fourth-order valence-corrected chi connectivity index (χ4v) is 1.33. The molecule has 0 amide bonds. The van der Waals surface area contributed by atoms with Crippen LogP contribution in [0.5, 0.6) is 0 Å². The number of anilines is 1. The topological polar surface area (TPSA) is 55.0 Å². The van der Waals surface area contributed by atoms with Gasteiger partial charge in [0.05, 0.1) is 0 Å². The zero-order valence-electron chi connectivity index (χ0n) is 9.99. The van der Waals surface area contributed by atoms with Crippen molar-refractivity contribution in [3.05, 3.63) is 17.6 Å². The molecule has 2 N–H and O–H groups in total. The summed E-state index contributed by atoms with van der Waals surface area (Å²) in [7, 11) is 2.01. The third kappa shape index (κ3) is 2.89. The average Bonchev–Trinajstić information content (AvgIpc) is 2.26. The van der Waals surface area contributed by atoms with Crippen LogP contribution in [0.3, 0.4) is 0 Å². The van der Waals surface area contributed by atoms with Crippen molar-refractivity contribution in [1.29, 1.82) is 0 Å². The average molecular weight is 208 g/mol. The second-order valence-electron chi connectivity index (χ2n) is 3.83. The van der Waals surface area contributed by atoms with E-state index in [1.807, 2.05) is 20.0 Å². The van der Waals surface area contributed by atoms with E-state index in [2.05, 4.69) is 28.7 Å². The smallest absolute Gasteiger partial charge is 0.132 e. The molecule has 0 spiro atoms. The van der Waals surface area contributed by atoms with E-state index < -0.39 is 0 Å². The monoisotopic (exact) mass is 208 g/mol. The predicted molar refractivity (Wildman–Crippen MR) is 63.1 cm³/mol. The van der Waals surface area contributed by atoms with E-state index in [1.54, 1.807) is 0 Å². The van der Waals surface area contributed by atoms with Crippen molar-refractivity contribution in [2.24, 2.45) is 5.73 Å². The number of aryl methyl sites for hydroxylation is 2. The van der Waals surface area contributed by atoms with Crippen LogP contribution in [0, 0.1) is 6.92 Å². The minimum atomic E-state index is 0.295. The van der Waals surface area contributed by atoms with Gasteiger partial charge in [-0.15, -0.1) is 0 Å². The molecule has 0 aliphatic rings. The van der Waals surface area contributed by atoms with E-state index in [0.29, 0.717) is 12.6 Å². The van der Waals surface area contributed by atoms with Gasteiger partial charge in [-0.25, -0.2) is 9.97 Å². The largest absolute Gasteiger partial charge is 0.356 e. The van der Waals surface area contributed by atoms with Crippen LogP contribution in [0.1, 0.15) is 25.4 Å². The van der Waals surface area contributed by atoms with Gasteiger partial charge < -0.3 is 10.6 Å². The molecule has 1 aromatic rings. The summed E-state index contributed by atoms with van der Waals surface area (Å²) >= 11 is 0. The van der Waals surface area contributed by atoms with Gasteiger partial charge in [0.15, 0.2) is 0 Å². The highest BCUT2D eigenvalue weighted by Crippen LogP contribution is 2.13. The number of nitrogens with two attached hydrogens (primary N) is 1. The molecule has 0 aromatic carbocycles. The second-order valence-corrected chi connectivity index (χ2v) is 3.83. The summed E-state index contributed by atoms with van der Waals surface area (Å²) in [6, 6.07) is 2.29. The lowest BCUT2D eigenvalue weighted by atomic mass is 10.3. The first-order valence-corrected chi connectivity index (χ1v) is 5.36. The first-order chi connectivity index (χ1) is 7.08. The Labute approximate surface area is 91.5 Å². The number of hydrogen-bond acceptors (Lipinski definition) is 4. The van der Waals surface area contributed by atoms with Crippen molar-refractivity contribution in [3.63, 3.8) is 0 Å². The zero-order chi connectivity index (χ0) is 11.4. The van der Waals surface area contributed by atoms with Gasteiger partial charge >= 0.3 is 0 Å². The SMILES string of the molecule is CCc1nc(C)cc(N(C)C(C)CN)n1. The molecule has 0 saturated heterocycles. The van der Waals surface area contributed by atoms with Gasteiger partial charge in [0.2, 0.25) is 0 Å². The summed E-state index contributed by atoms with van der Waals surface area (Å²) in [6.07, 6.45) is 0.861. The molecule has 0 aliphatic carbocycles. The lowest BCUT2D eigenvalue weighted by molar-refractivity contribution is 0.682. The van der Waals surface area contributed by atoms with Crippen LogP contribution in [-0.2, 0) is 6.42 Å². The molecule has 0 saturated carbocycles. The van der Waals surface area contributed by atoms with Gasteiger partial charge in [-0.05, 0) is 13.8 Å². The number of rotatable bonds is 4. The highest BCUT2D eigenvalue weighted by atomic mass is 15.2. The third-order valence-electron chi connectivity index (χ3n) is 2.57. The van der Waals surface area contributed by atoms with Crippen molar-refractivity contribution in [2.75, 3.05) is 18.5 Å². The Hall–Kier alpha value is -1.16. The summed E-state index contributed by atoms with van der Waals surface area (Å²) in [6.45, 7) is 6.76. The van der Waals surface area contributed by atoms with Crippen molar-refractivity contribution in [3.8, 4) is 0 Å². The Kier molecular flexibility index (Phi) is 4.03. The van der Waals surface area contributed by atoms with E-state index in [1.165, 1.54) is 0 Å². The molecule has 1 atom stereocenters. The molecule has 0 bridgehead atoms. The Balaban J connectivity index is 2.97. The fourth-order valence-electron chi connectivity index (χ4n) is 1.33. The highest BCUT2D eigenvalue weighted by Gasteiger charge is 2.10. The molecule has 0 fully saturated rings. The van der Waals surface area contributed by atoms with Crippen molar-refractivity contribution in [1.82, 2.24) is 9.97 Å². The summed E-state index contributed by atoms with van der Waals surface area (Å²) in [5, 5.41) is 0. The van der Waals surface area contributed by atoms with Crippen molar-refractivity contribution in [2.45, 2.75) is 33.2 Å². The van der Waals surface area contributed by atoms with Crippen LogP contribution in [0.15, 0.2) is 6.07 Å². The molecule has 4 nitrogen and oxygen atoms in total. The molecule has 84 valence electrons. The molecule has 1 heterocycles. The van der Waals surface area contributed by atoms with Gasteiger partial charge in [0.1, 0.15) is 11.6 Å². The number of aromatic nitrogens is 2. The molecule has 0 aliphatic heterocycles. The molecule has 0 radical (unpaired) electrons. The van der Waals surface area contributed by atoms with Gasteiger partial charge in [-0.3, -0.25) is 0 Å². The normalized spacial score (nSPS) is 12.6. The Morgan fingerprint density at radius 1 is 1.47 bits per heavy atom. The first-order valence-electron chi connectivity index (χ1n) is 5.36. The maximum Gasteiger partial charge on any atom is 0.132 e. The van der Waals surface area contributed by atoms with Crippen molar-refractivity contribution >= 4 is 5.82 Å². The molecule has 1 aromatic heterocycles. The minimum absolute atomic E-state index is 0.295. The third-order valence-corrected chi connectivity index (χ3v) is 2.57. The Bertz CT molecular complexity index is 324. The second kappa shape index (κ2) is 5.07. The standard InChI is InChI=1S/C11H20N4/c1-5-10-13-8(2)6-11(14-10)15(4)9(3)7-12/h6,9H,5,7,12H2,1-4H3. The maximum atomic E-state index is 5.63. The number of likely N-dealkylation sites (N-methyl/N-ethyl adjacent to an activating group) is 1. The Morgan fingerprint density at radius 2 is 2.13 bits per heavy atom. The van der Waals surface area contributed by atoms with Gasteiger partial charge in [-0.2, -0.15) is 0 Å². The maximum absolute atomic E-state index is 5.63. The highest BCUT2D eigenvalue weighted by molar-refractivity contribution is 5.39. The summed E-state index contributed by atoms with van der Waals surface area (Å²) in [4.78, 5) is 10.9. The zero-order valence-corrected chi connectivity index (χ0v) is 9.99. The van der Waals surface area contributed by atoms with Crippen LogP contribution < -0.4 is 10.6 Å². The lowest BCUT2D eigenvalue weighted by Crippen LogP contribution is -2.36. The van der Waals surface area contributed by atoms with Crippen LogP contribution in [0.4, 0.5) is 5.82 Å². The van der Waals surface area contributed by atoms with E-state index in [4.69, 9.17) is 5.73 Å². The van der Waals surface area contributed by atoms with Crippen LogP contribution in [0.2, 0.25) is 0 Å². The predicted octanol–water partition coefficient (Wildman–Crippen LogP) is 1.13. The quantitative estimate of drug-likeness (QED) is 0.806. The minimum Gasteiger partial charge on any atom is -0.356 e. The molecule has 1 rings (SSSR count). The summed E-state index contributed by atoms with van der Waals surface area (Å²) < 4.78 is 0. The number of nitrogens with zero attached hydrogens (tertiary/aromatic N) is 3. The van der Waals surface area contributed by atoms with Crippen molar-refractivity contribution < 1.29 is 0 Å².